The summed E-state index contributed by atoms with van der Waals surface area (Å²) in [6.07, 6.45) is 0. The minimum absolute atomic E-state index is 0.430. The minimum Gasteiger partial charge on any atom is -0.365 e. The number of aromatic nitrogens is 2. The maximum absolute atomic E-state index is 11.4. The molecular formula is C14H10Cl2N4OS. The third-order valence-corrected chi connectivity index (χ3v) is 4.83. The first-order valence-electron chi connectivity index (χ1n) is 6.24. The van der Waals surface area contributed by atoms with Crippen LogP contribution in [0.1, 0.15) is 9.67 Å². The van der Waals surface area contributed by atoms with Crippen molar-refractivity contribution in [2.24, 2.45) is 5.73 Å². The molecule has 0 atom stereocenters. The molecule has 0 bridgehead atoms. The number of nitrogens with one attached hydrogen (secondary N) is 1. The SMILES string of the molecule is CNc1nc(-c2ccc(Cl)c(Cl)c2)c2cc(C(N)=O)sc2n1. The van der Waals surface area contributed by atoms with Gasteiger partial charge < -0.3 is 11.1 Å². The second-order valence-electron chi connectivity index (χ2n) is 4.47. The van der Waals surface area contributed by atoms with Crippen molar-refractivity contribution < 1.29 is 4.79 Å². The number of amides is 1. The molecule has 0 unspecified atom stereocenters. The van der Waals surface area contributed by atoms with E-state index in [9.17, 15) is 4.79 Å². The van der Waals surface area contributed by atoms with Crippen molar-refractivity contribution in [2.45, 2.75) is 0 Å². The second kappa shape index (κ2) is 5.72. The van der Waals surface area contributed by atoms with Crippen molar-refractivity contribution in [3.63, 3.8) is 0 Å². The zero-order valence-electron chi connectivity index (χ0n) is 11.4. The Balaban J connectivity index is 2.30. The quantitative estimate of drug-likeness (QED) is 0.750. The number of rotatable bonds is 3. The molecule has 1 amide bonds. The van der Waals surface area contributed by atoms with Gasteiger partial charge in [0.15, 0.2) is 0 Å². The summed E-state index contributed by atoms with van der Waals surface area (Å²) in [6, 6.07) is 6.94. The highest BCUT2D eigenvalue weighted by Crippen LogP contribution is 2.35. The molecule has 0 aliphatic rings. The molecule has 0 aliphatic heterocycles. The van der Waals surface area contributed by atoms with Gasteiger partial charge in [-0.15, -0.1) is 11.3 Å². The van der Waals surface area contributed by atoms with Gasteiger partial charge in [-0.25, -0.2) is 9.97 Å². The van der Waals surface area contributed by atoms with E-state index in [1.807, 2.05) is 6.07 Å². The highest BCUT2D eigenvalue weighted by Gasteiger charge is 2.16. The number of carbonyl (C=O) groups excluding carboxylic acids is 1. The van der Waals surface area contributed by atoms with Crippen molar-refractivity contribution in [2.75, 3.05) is 12.4 Å². The topological polar surface area (TPSA) is 80.9 Å². The lowest BCUT2D eigenvalue weighted by atomic mass is 10.1. The molecule has 8 heteroatoms. The molecule has 5 nitrogen and oxygen atoms in total. The third kappa shape index (κ3) is 2.61. The first kappa shape index (κ1) is 15.0. The summed E-state index contributed by atoms with van der Waals surface area (Å²) in [5.74, 6) is -0.0412. The van der Waals surface area contributed by atoms with Gasteiger partial charge in [0, 0.05) is 18.0 Å². The van der Waals surface area contributed by atoms with E-state index in [0.29, 0.717) is 31.4 Å². The molecule has 1 aromatic carbocycles. The Morgan fingerprint density at radius 2 is 2.00 bits per heavy atom. The van der Waals surface area contributed by atoms with Crippen LogP contribution in [0, 0.1) is 0 Å². The molecule has 2 heterocycles. The van der Waals surface area contributed by atoms with Crippen LogP contribution in [-0.2, 0) is 0 Å². The van der Waals surface area contributed by atoms with E-state index in [1.54, 1.807) is 25.2 Å². The summed E-state index contributed by atoms with van der Waals surface area (Å²) in [5, 5.41) is 4.55. The largest absolute Gasteiger partial charge is 0.365 e. The molecule has 3 rings (SSSR count). The van der Waals surface area contributed by atoms with Crippen molar-refractivity contribution in [1.82, 2.24) is 9.97 Å². The summed E-state index contributed by atoms with van der Waals surface area (Å²) < 4.78 is 0. The van der Waals surface area contributed by atoms with Gasteiger partial charge in [0.05, 0.1) is 20.6 Å². The zero-order chi connectivity index (χ0) is 15.9. The molecule has 22 heavy (non-hydrogen) atoms. The Labute approximate surface area is 140 Å². The third-order valence-electron chi connectivity index (χ3n) is 3.05. The number of fused-ring (bicyclic) bond motifs is 1. The van der Waals surface area contributed by atoms with Crippen LogP contribution in [0.5, 0.6) is 0 Å². The van der Waals surface area contributed by atoms with E-state index in [1.165, 1.54) is 11.3 Å². The summed E-state index contributed by atoms with van der Waals surface area (Å²) in [7, 11) is 1.72. The number of carbonyl (C=O) groups is 1. The predicted octanol–water partition coefficient (Wildman–Crippen LogP) is 3.81. The van der Waals surface area contributed by atoms with E-state index in [-0.39, 0.29) is 0 Å². The standard InChI is InChI=1S/C14H10Cl2N4OS/c1-18-14-19-11(6-2-3-8(15)9(16)4-6)7-5-10(12(17)21)22-13(7)20-14/h2-5H,1H3,(H2,17,21)(H,18,19,20). The Morgan fingerprint density at radius 1 is 1.23 bits per heavy atom. The fourth-order valence-electron chi connectivity index (χ4n) is 2.02. The van der Waals surface area contributed by atoms with Crippen molar-refractivity contribution in [3.8, 4) is 11.3 Å². The average molecular weight is 353 g/mol. The zero-order valence-corrected chi connectivity index (χ0v) is 13.7. The van der Waals surface area contributed by atoms with Crippen molar-refractivity contribution >= 4 is 56.6 Å². The highest BCUT2D eigenvalue weighted by molar-refractivity contribution is 7.20. The number of hydrogen-bond acceptors (Lipinski definition) is 5. The maximum Gasteiger partial charge on any atom is 0.258 e. The number of primary amides is 1. The monoisotopic (exact) mass is 352 g/mol. The number of hydrogen-bond donors (Lipinski definition) is 2. The molecule has 2 aromatic heterocycles. The molecule has 3 aromatic rings. The highest BCUT2D eigenvalue weighted by atomic mass is 35.5. The van der Waals surface area contributed by atoms with Crippen LogP contribution in [-0.4, -0.2) is 22.9 Å². The van der Waals surface area contributed by atoms with E-state index < -0.39 is 5.91 Å². The number of benzene rings is 1. The van der Waals surface area contributed by atoms with Crippen LogP contribution in [0.25, 0.3) is 21.5 Å². The molecule has 112 valence electrons. The second-order valence-corrected chi connectivity index (χ2v) is 6.31. The van der Waals surface area contributed by atoms with Gasteiger partial charge in [0.25, 0.3) is 5.91 Å². The van der Waals surface area contributed by atoms with Gasteiger partial charge >= 0.3 is 0 Å². The van der Waals surface area contributed by atoms with Gasteiger partial charge in [-0.1, -0.05) is 29.3 Å². The first-order chi connectivity index (χ1) is 10.5. The predicted molar refractivity (Wildman–Crippen MR) is 90.9 cm³/mol. The summed E-state index contributed by atoms with van der Waals surface area (Å²) in [4.78, 5) is 21.3. The van der Waals surface area contributed by atoms with Gasteiger partial charge in [-0.05, 0) is 18.2 Å². The lowest BCUT2D eigenvalue weighted by Crippen LogP contribution is -2.08. The van der Waals surface area contributed by atoms with Crippen LogP contribution in [0.3, 0.4) is 0 Å². The molecule has 0 aliphatic carbocycles. The van der Waals surface area contributed by atoms with Crippen molar-refractivity contribution in [1.29, 1.82) is 0 Å². The fourth-order valence-corrected chi connectivity index (χ4v) is 3.20. The Bertz CT molecular complexity index is 894. The number of halogens is 2. The van der Waals surface area contributed by atoms with E-state index in [0.717, 1.165) is 10.9 Å². The molecule has 0 radical (unpaired) electrons. The van der Waals surface area contributed by atoms with E-state index in [2.05, 4.69) is 15.3 Å². The first-order valence-corrected chi connectivity index (χ1v) is 7.81. The van der Waals surface area contributed by atoms with Crippen LogP contribution < -0.4 is 11.1 Å². The van der Waals surface area contributed by atoms with Crippen LogP contribution in [0.15, 0.2) is 24.3 Å². The average Bonchev–Trinajstić information content (AvgIpc) is 2.93. The molecule has 3 N–H and O–H groups in total. The summed E-state index contributed by atoms with van der Waals surface area (Å²) in [6.45, 7) is 0. The summed E-state index contributed by atoms with van der Waals surface area (Å²) in [5.41, 5.74) is 6.80. The number of anilines is 1. The Kier molecular flexibility index (Phi) is 3.90. The summed E-state index contributed by atoms with van der Waals surface area (Å²) >= 11 is 13.3. The lowest BCUT2D eigenvalue weighted by molar-refractivity contribution is 0.100. The maximum atomic E-state index is 11.4. The van der Waals surface area contributed by atoms with E-state index in [4.69, 9.17) is 28.9 Å². The number of nitrogens with zero attached hydrogens (tertiary/aromatic N) is 2. The van der Waals surface area contributed by atoms with Gasteiger partial charge in [-0.3, -0.25) is 4.79 Å². The van der Waals surface area contributed by atoms with Crippen LogP contribution >= 0.6 is 34.5 Å². The number of thiophene rings is 1. The molecule has 0 saturated heterocycles. The lowest BCUT2D eigenvalue weighted by Gasteiger charge is -2.06. The Morgan fingerprint density at radius 3 is 2.64 bits per heavy atom. The van der Waals surface area contributed by atoms with Gasteiger partial charge in [0.1, 0.15) is 4.83 Å². The van der Waals surface area contributed by atoms with Crippen LogP contribution in [0.2, 0.25) is 10.0 Å². The molecular weight excluding hydrogens is 343 g/mol. The normalized spacial score (nSPS) is 10.9. The smallest absolute Gasteiger partial charge is 0.258 e. The minimum atomic E-state index is -0.492. The fraction of sp³-hybridized carbons (Fsp3) is 0.0714. The van der Waals surface area contributed by atoms with Gasteiger partial charge in [-0.2, -0.15) is 0 Å². The Hall–Kier alpha value is -1.89. The molecule has 0 fully saturated rings. The van der Waals surface area contributed by atoms with E-state index >= 15 is 0 Å². The van der Waals surface area contributed by atoms with Crippen molar-refractivity contribution in [3.05, 3.63) is 39.2 Å². The molecule has 0 saturated carbocycles. The van der Waals surface area contributed by atoms with Crippen LogP contribution in [0.4, 0.5) is 5.95 Å². The number of nitrogens with two attached hydrogens (primary N) is 1. The van der Waals surface area contributed by atoms with Gasteiger partial charge in [0.2, 0.25) is 5.95 Å². The molecule has 0 spiro atoms.